The van der Waals surface area contributed by atoms with E-state index < -0.39 is 0 Å². The highest BCUT2D eigenvalue weighted by Gasteiger charge is 2.10. The van der Waals surface area contributed by atoms with E-state index in [9.17, 15) is 0 Å². The SMILES string of the molecule is CCc1c(NC)ncnc1OCCc1scnc1C. The summed E-state index contributed by atoms with van der Waals surface area (Å²) in [6.45, 7) is 4.70. The largest absolute Gasteiger partial charge is 0.477 e. The molecule has 0 aliphatic carbocycles. The fourth-order valence-corrected chi connectivity index (χ4v) is 2.62. The summed E-state index contributed by atoms with van der Waals surface area (Å²) in [4.78, 5) is 13.9. The normalized spacial score (nSPS) is 10.5. The van der Waals surface area contributed by atoms with Crippen molar-refractivity contribution in [2.24, 2.45) is 0 Å². The Balaban J connectivity index is 2.01. The summed E-state index contributed by atoms with van der Waals surface area (Å²) in [6, 6.07) is 0. The van der Waals surface area contributed by atoms with E-state index in [1.54, 1.807) is 11.3 Å². The Morgan fingerprint density at radius 2 is 2.16 bits per heavy atom. The predicted octanol–water partition coefficient (Wildman–Crippen LogP) is 2.47. The van der Waals surface area contributed by atoms with E-state index in [0.29, 0.717) is 12.5 Å². The number of hydrogen-bond acceptors (Lipinski definition) is 6. The molecule has 0 unspecified atom stereocenters. The Morgan fingerprint density at radius 1 is 1.32 bits per heavy atom. The smallest absolute Gasteiger partial charge is 0.221 e. The monoisotopic (exact) mass is 278 g/mol. The molecule has 0 aliphatic heterocycles. The molecule has 0 aromatic carbocycles. The molecule has 19 heavy (non-hydrogen) atoms. The van der Waals surface area contributed by atoms with Crippen molar-refractivity contribution < 1.29 is 4.74 Å². The van der Waals surface area contributed by atoms with Crippen LogP contribution in [0, 0.1) is 6.92 Å². The lowest BCUT2D eigenvalue weighted by molar-refractivity contribution is 0.306. The molecule has 102 valence electrons. The second-order valence-corrected chi connectivity index (χ2v) is 5.01. The van der Waals surface area contributed by atoms with Crippen LogP contribution in [0.3, 0.4) is 0 Å². The van der Waals surface area contributed by atoms with Crippen LogP contribution in [-0.4, -0.2) is 28.6 Å². The van der Waals surface area contributed by atoms with E-state index in [1.807, 2.05) is 19.5 Å². The standard InChI is InChI=1S/C13H18N4OS/c1-4-10-12(14-3)15-7-16-13(10)18-6-5-11-9(2)17-8-19-11/h7-8H,4-6H2,1-3H3,(H,14,15,16). The number of aromatic nitrogens is 3. The summed E-state index contributed by atoms with van der Waals surface area (Å²) in [5.74, 6) is 1.51. The Kier molecular flexibility index (Phi) is 4.68. The van der Waals surface area contributed by atoms with Gasteiger partial charge in [-0.05, 0) is 13.3 Å². The van der Waals surface area contributed by atoms with Crippen LogP contribution in [0.5, 0.6) is 5.88 Å². The van der Waals surface area contributed by atoms with Crippen molar-refractivity contribution in [2.45, 2.75) is 26.7 Å². The van der Waals surface area contributed by atoms with Crippen molar-refractivity contribution in [3.63, 3.8) is 0 Å². The maximum absolute atomic E-state index is 5.79. The first-order valence-corrected chi connectivity index (χ1v) is 7.17. The first-order chi connectivity index (χ1) is 9.26. The lowest BCUT2D eigenvalue weighted by Crippen LogP contribution is -2.07. The highest BCUT2D eigenvalue weighted by Crippen LogP contribution is 2.22. The van der Waals surface area contributed by atoms with Gasteiger partial charge >= 0.3 is 0 Å². The molecule has 6 heteroatoms. The molecule has 0 spiro atoms. The van der Waals surface area contributed by atoms with E-state index in [0.717, 1.165) is 29.9 Å². The Bertz CT molecular complexity index is 541. The molecule has 0 bridgehead atoms. The topological polar surface area (TPSA) is 59.9 Å². The molecular weight excluding hydrogens is 260 g/mol. The molecular formula is C13H18N4OS. The van der Waals surface area contributed by atoms with E-state index >= 15 is 0 Å². The molecule has 1 N–H and O–H groups in total. The second-order valence-electron chi connectivity index (χ2n) is 4.07. The highest BCUT2D eigenvalue weighted by atomic mass is 32.1. The molecule has 0 saturated heterocycles. The molecule has 5 nitrogen and oxygen atoms in total. The quantitative estimate of drug-likeness (QED) is 0.879. The van der Waals surface area contributed by atoms with Gasteiger partial charge in [0.15, 0.2) is 0 Å². The summed E-state index contributed by atoms with van der Waals surface area (Å²) < 4.78 is 5.79. The zero-order valence-electron chi connectivity index (χ0n) is 11.4. The number of aryl methyl sites for hydroxylation is 1. The molecule has 0 saturated carbocycles. The van der Waals surface area contributed by atoms with Gasteiger partial charge in [0, 0.05) is 18.3 Å². The van der Waals surface area contributed by atoms with E-state index in [2.05, 4.69) is 27.2 Å². The van der Waals surface area contributed by atoms with E-state index in [-0.39, 0.29) is 0 Å². The van der Waals surface area contributed by atoms with Gasteiger partial charge in [0.1, 0.15) is 12.1 Å². The van der Waals surface area contributed by atoms with Crippen molar-refractivity contribution >= 4 is 17.2 Å². The van der Waals surface area contributed by atoms with Crippen LogP contribution in [0.4, 0.5) is 5.82 Å². The molecule has 2 rings (SSSR count). The van der Waals surface area contributed by atoms with Crippen LogP contribution in [0.2, 0.25) is 0 Å². The maximum Gasteiger partial charge on any atom is 0.221 e. The number of nitrogens with one attached hydrogen (secondary N) is 1. The van der Waals surface area contributed by atoms with Crippen molar-refractivity contribution in [1.82, 2.24) is 15.0 Å². The first kappa shape index (κ1) is 13.7. The third-order valence-corrected chi connectivity index (χ3v) is 3.90. The lowest BCUT2D eigenvalue weighted by atomic mass is 10.2. The Morgan fingerprint density at radius 3 is 2.79 bits per heavy atom. The van der Waals surface area contributed by atoms with Crippen molar-refractivity contribution in [2.75, 3.05) is 19.0 Å². The maximum atomic E-state index is 5.79. The number of rotatable bonds is 6. The van der Waals surface area contributed by atoms with E-state index in [1.165, 1.54) is 11.2 Å². The fraction of sp³-hybridized carbons (Fsp3) is 0.462. The Labute approximate surface area is 117 Å². The number of nitrogens with zero attached hydrogens (tertiary/aromatic N) is 3. The molecule has 2 heterocycles. The zero-order chi connectivity index (χ0) is 13.7. The number of ether oxygens (including phenoxy) is 1. The summed E-state index contributed by atoms with van der Waals surface area (Å²) in [6.07, 6.45) is 3.22. The van der Waals surface area contributed by atoms with Crippen LogP contribution in [-0.2, 0) is 12.8 Å². The zero-order valence-corrected chi connectivity index (χ0v) is 12.3. The van der Waals surface area contributed by atoms with Crippen LogP contribution in [0.25, 0.3) is 0 Å². The molecule has 0 fully saturated rings. The van der Waals surface area contributed by atoms with Gasteiger partial charge in [-0.25, -0.2) is 15.0 Å². The summed E-state index contributed by atoms with van der Waals surface area (Å²) in [5.41, 5.74) is 3.97. The lowest BCUT2D eigenvalue weighted by Gasteiger charge is -2.11. The van der Waals surface area contributed by atoms with Gasteiger partial charge in [-0.1, -0.05) is 6.92 Å². The summed E-state index contributed by atoms with van der Waals surface area (Å²) >= 11 is 1.67. The molecule has 0 amide bonds. The average molecular weight is 278 g/mol. The van der Waals surface area contributed by atoms with Gasteiger partial charge in [-0.2, -0.15) is 0 Å². The van der Waals surface area contributed by atoms with Crippen molar-refractivity contribution in [1.29, 1.82) is 0 Å². The van der Waals surface area contributed by atoms with Gasteiger partial charge in [0.25, 0.3) is 0 Å². The Hall–Kier alpha value is -1.69. The number of thiazole rings is 1. The molecule has 0 aliphatic rings. The fourth-order valence-electron chi connectivity index (χ4n) is 1.86. The number of anilines is 1. The molecule has 0 atom stereocenters. The average Bonchev–Trinajstić information content (AvgIpc) is 2.84. The predicted molar refractivity (Wildman–Crippen MR) is 77.0 cm³/mol. The highest BCUT2D eigenvalue weighted by molar-refractivity contribution is 7.09. The van der Waals surface area contributed by atoms with Crippen LogP contribution in [0.15, 0.2) is 11.8 Å². The van der Waals surface area contributed by atoms with Crippen LogP contribution < -0.4 is 10.1 Å². The summed E-state index contributed by atoms with van der Waals surface area (Å²) in [5, 5.41) is 3.06. The van der Waals surface area contributed by atoms with Crippen LogP contribution in [0.1, 0.15) is 23.1 Å². The molecule has 2 aromatic rings. The van der Waals surface area contributed by atoms with Crippen molar-refractivity contribution in [3.05, 3.63) is 28.0 Å². The van der Waals surface area contributed by atoms with Crippen LogP contribution >= 0.6 is 11.3 Å². The van der Waals surface area contributed by atoms with Gasteiger partial charge < -0.3 is 10.1 Å². The van der Waals surface area contributed by atoms with Gasteiger partial charge in [0.2, 0.25) is 5.88 Å². The van der Waals surface area contributed by atoms with Gasteiger partial charge in [-0.3, -0.25) is 0 Å². The van der Waals surface area contributed by atoms with Crippen molar-refractivity contribution in [3.8, 4) is 5.88 Å². The molecule has 0 radical (unpaired) electrons. The number of hydrogen-bond donors (Lipinski definition) is 1. The minimum atomic E-state index is 0.607. The second kappa shape index (κ2) is 6.47. The minimum absolute atomic E-state index is 0.607. The third-order valence-electron chi connectivity index (χ3n) is 2.91. The van der Waals surface area contributed by atoms with E-state index in [4.69, 9.17) is 4.74 Å². The summed E-state index contributed by atoms with van der Waals surface area (Å²) in [7, 11) is 1.85. The molecule has 2 aromatic heterocycles. The van der Waals surface area contributed by atoms with Gasteiger partial charge in [-0.15, -0.1) is 11.3 Å². The van der Waals surface area contributed by atoms with Gasteiger partial charge in [0.05, 0.1) is 23.4 Å². The third kappa shape index (κ3) is 3.20. The minimum Gasteiger partial charge on any atom is -0.477 e. The first-order valence-electron chi connectivity index (χ1n) is 6.29.